The predicted octanol–water partition coefficient (Wildman–Crippen LogP) is 2.66. The quantitative estimate of drug-likeness (QED) is 0.103. The summed E-state index contributed by atoms with van der Waals surface area (Å²) >= 11 is 0. The van der Waals surface area contributed by atoms with Crippen LogP contribution in [0.5, 0.6) is 0 Å². The number of rotatable bonds is 12. The lowest BCUT2D eigenvalue weighted by Gasteiger charge is -2.62. The van der Waals surface area contributed by atoms with Gasteiger partial charge in [-0.25, -0.2) is 4.79 Å². The SMILES string of the molecule is C=C1C([C@@]2(C)[C@@H](OC(C)=O)C[C@]3(O)OC[C@@](C)(O3)[C@@H]2CC(=O)OC)[C@@H](OC=O)[C@H](OC(=O)C(=O)[C@H](C)CC)[C@@]2(C)[C@H](c3ccoc3)C[C@@H](OC(C)=O)[C@]12O. The topological polar surface area (TPSA) is 221 Å². The molecule has 1 aromatic rings. The van der Waals surface area contributed by atoms with E-state index >= 15 is 0 Å². The second-order valence-electron chi connectivity index (χ2n) is 15.6. The number of ketones is 1. The first kappa shape index (κ1) is 41.1. The van der Waals surface area contributed by atoms with Gasteiger partial charge in [0.15, 0.2) is 0 Å². The molecular weight excluding hydrogens is 712 g/mol. The summed E-state index contributed by atoms with van der Waals surface area (Å²) in [4.78, 5) is 78.8. The van der Waals surface area contributed by atoms with E-state index in [0.717, 1.165) is 13.8 Å². The number of hydrogen-bond acceptors (Lipinski definition) is 16. The molecule has 0 spiro atoms. The van der Waals surface area contributed by atoms with Crippen molar-refractivity contribution in [1.29, 1.82) is 0 Å². The molecule has 54 heavy (non-hydrogen) atoms. The molecule has 0 aromatic carbocycles. The molecule has 1 aromatic heterocycles. The maximum atomic E-state index is 13.9. The Bertz CT molecular complexity index is 1670. The van der Waals surface area contributed by atoms with Crippen LogP contribution in [0.3, 0.4) is 0 Å². The smallest absolute Gasteiger partial charge is 0.375 e. The Kier molecular flexibility index (Phi) is 11.0. The molecule has 2 saturated carbocycles. The predicted molar refractivity (Wildman–Crippen MR) is 181 cm³/mol. The largest absolute Gasteiger partial charge is 0.472 e. The molecule has 0 radical (unpaired) electrons. The zero-order chi connectivity index (χ0) is 40.2. The highest BCUT2D eigenvalue weighted by molar-refractivity contribution is 6.34. The summed E-state index contributed by atoms with van der Waals surface area (Å²) in [6.07, 6.45) is -4.13. The molecular formula is C38H50O16. The molecule has 16 heteroatoms. The minimum Gasteiger partial charge on any atom is -0.472 e. The van der Waals surface area contributed by atoms with E-state index < -0.39 is 119 Å². The Morgan fingerprint density at radius 3 is 2.26 bits per heavy atom. The van der Waals surface area contributed by atoms with Gasteiger partial charge in [0.2, 0.25) is 5.78 Å². The fourth-order valence-corrected chi connectivity index (χ4v) is 9.90. The van der Waals surface area contributed by atoms with Crippen LogP contribution >= 0.6 is 0 Å². The molecule has 298 valence electrons. The van der Waals surface area contributed by atoms with Crippen LogP contribution in [-0.4, -0.2) is 102 Å². The molecule has 16 nitrogen and oxygen atoms in total. The Labute approximate surface area is 312 Å². The number of aliphatic hydroxyl groups is 2. The average molecular weight is 763 g/mol. The van der Waals surface area contributed by atoms with Gasteiger partial charge in [-0.15, -0.1) is 0 Å². The maximum Gasteiger partial charge on any atom is 0.375 e. The molecule has 5 rings (SSSR count). The van der Waals surface area contributed by atoms with Gasteiger partial charge in [0, 0.05) is 42.9 Å². The molecule has 13 atom stereocenters. The highest BCUT2D eigenvalue weighted by Gasteiger charge is 2.79. The second kappa shape index (κ2) is 14.5. The molecule has 2 N–H and O–H groups in total. The standard InChI is InChI=1S/C38H50O16/c1-10-19(2)30(43)33(44)53-32-31(49-18-39)29(20(3)38(46)26(51-21(4)40)13-24(36(32,38)8)23-11-12-48-16-23)35(7)25(14-28(42)47-9)34(6)17-50-37(45,54-34)15-27(35)52-22(5)41/h11-12,16,18-19,24-27,29,31-32,45-46H,3,10,13-15,17H2,1-2,4-9H3/t19-,24+,25+,26-,27+,29?,31-,32+,34-,35-,36-,37+,38-/m1/s1. The van der Waals surface area contributed by atoms with Crippen molar-refractivity contribution in [1.82, 2.24) is 0 Å². The van der Waals surface area contributed by atoms with Crippen molar-refractivity contribution in [2.75, 3.05) is 13.7 Å². The summed E-state index contributed by atoms with van der Waals surface area (Å²) in [7, 11) is 1.17. The first-order valence-electron chi connectivity index (χ1n) is 17.9. The third-order valence-corrected chi connectivity index (χ3v) is 12.7. The Balaban J connectivity index is 1.86. The first-order valence-corrected chi connectivity index (χ1v) is 17.9. The van der Waals surface area contributed by atoms with Gasteiger partial charge in [0.05, 0.1) is 50.1 Å². The van der Waals surface area contributed by atoms with Gasteiger partial charge in [0.1, 0.15) is 30.0 Å². The van der Waals surface area contributed by atoms with Crippen LogP contribution in [-0.2, 0) is 61.9 Å². The van der Waals surface area contributed by atoms with Crippen LogP contribution in [0.1, 0.15) is 85.6 Å². The fourth-order valence-electron chi connectivity index (χ4n) is 9.90. The number of furan rings is 1. The van der Waals surface area contributed by atoms with Gasteiger partial charge in [0.25, 0.3) is 12.4 Å². The van der Waals surface area contributed by atoms with E-state index in [1.165, 1.54) is 19.6 Å². The number of carbonyl (C=O) groups excluding carboxylic acids is 6. The lowest BCUT2D eigenvalue weighted by molar-refractivity contribution is -0.328. The van der Waals surface area contributed by atoms with Gasteiger partial charge in [-0.3, -0.25) is 24.0 Å². The number of hydrogen-bond donors (Lipinski definition) is 2. The molecule has 4 fully saturated rings. The summed E-state index contributed by atoms with van der Waals surface area (Å²) in [5.74, 6) is -11.0. The van der Waals surface area contributed by atoms with Crippen molar-refractivity contribution < 1.29 is 76.6 Å². The Morgan fingerprint density at radius 1 is 1.06 bits per heavy atom. The summed E-state index contributed by atoms with van der Waals surface area (Å²) in [6.45, 7) is 14.5. The number of esters is 4. The van der Waals surface area contributed by atoms with Crippen LogP contribution in [0, 0.1) is 28.6 Å². The van der Waals surface area contributed by atoms with Crippen LogP contribution in [0.4, 0.5) is 0 Å². The lowest BCUT2D eigenvalue weighted by Crippen LogP contribution is -2.72. The molecule has 2 saturated heterocycles. The zero-order valence-electron chi connectivity index (χ0n) is 31.8. The van der Waals surface area contributed by atoms with E-state index in [-0.39, 0.29) is 25.1 Å². The van der Waals surface area contributed by atoms with Crippen molar-refractivity contribution in [3.05, 3.63) is 36.3 Å². The summed E-state index contributed by atoms with van der Waals surface area (Å²) < 4.78 is 46.2. The zero-order valence-corrected chi connectivity index (χ0v) is 31.8. The third-order valence-electron chi connectivity index (χ3n) is 12.7. The Morgan fingerprint density at radius 2 is 1.70 bits per heavy atom. The van der Waals surface area contributed by atoms with Gasteiger partial charge >= 0.3 is 23.9 Å². The molecule has 2 aliphatic carbocycles. The van der Waals surface area contributed by atoms with Crippen LogP contribution in [0.25, 0.3) is 0 Å². The monoisotopic (exact) mass is 762 g/mol. The molecule has 2 aliphatic heterocycles. The van der Waals surface area contributed by atoms with E-state index in [1.54, 1.807) is 40.7 Å². The highest BCUT2D eigenvalue weighted by atomic mass is 16.9. The summed E-state index contributed by atoms with van der Waals surface area (Å²) in [5.41, 5.74) is -7.01. The highest BCUT2D eigenvalue weighted by Crippen LogP contribution is 2.70. The van der Waals surface area contributed by atoms with E-state index in [1.807, 2.05) is 0 Å². The minimum absolute atomic E-state index is 0.0802. The van der Waals surface area contributed by atoms with Crippen molar-refractivity contribution in [2.45, 2.75) is 122 Å². The molecule has 3 heterocycles. The van der Waals surface area contributed by atoms with Crippen molar-refractivity contribution in [2.24, 2.45) is 28.6 Å². The number of carbonyl (C=O) groups is 6. The van der Waals surface area contributed by atoms with E-state index in [4.69, 9.17) is 37.6 Å². The van der Waals surface area contributed by atoms with Crippen LogP contribution in [0.2, 0.25) is 0 Å². The number of fused-ring (bicyclic) bond motifs is 3. The number of Topliss-reactive ketones (excluding diaryl/α,β-unsaturated/α-hetero) is 1. The molecule has 2 bridgehead atoms. The number of methoxy groups -OCH3 is 1. The fraction of sp³-hybridized carbons (Fsp3) is 0.684. The summed E-state index contributed by atoms with van der Waals surface area (Å²) in [6, 6.07) is 1.62. The minimum atomic E-state index is -2.35. The molecule has 0 amide bonds. The van der Waals surface area contributed by atoms with E-state index in [9.17, 15) is 39.0 Å². The van der Waals surface area contributed by atoms with E-state index in [2.05, 4.69) is 6.58 Å². The van der Waals surface area contributed by atoms with Crippen molar-refractivity contribution in [3.8, 4) is 0 Å². The van der Waals surface area contributed by atoms with E-state index in [0.29, 0.717) is 12.0 Å². The average Bonchev–Trinajstić information content (AvgIpc) is 3.79. The van der Waals surface area contributed by atoms with Gasteiger partial charge in [-0.1, -0.05) is 34.3 Å². The molecule has 1 unspecified atom stereocenters. The van der Waals surface area contributed by atoms with Crippen molar-refractivity contribution >= 4 is 36.1 Å². The second-order valence-corrected chi connectivity index (χ2v) is 15.6. The van der Waals surface area contributed by atoms with Crippen LogP contribution in [0.15, 0.2) is 35.2 Å². The van der Waals surface area contributed by atoms with Gasteiger partial charge in [-0.05, 0) is 37.0 Å². The third kappa shape index (κ3) is 6.34. The Hall–Kier alpha value is -4.12. The molecule has 4 aliphatic rings. The van der Waals surface area contributed by atoms with Gasteiger partial charge in [-0.2, -0.15) is 0 Å². The normalized spacial score (nSPS) is 40.4. The van der Waals surface area contributed by atoms with Crippen molar-refractivity contribution in [3.63, 3.8) is 0 Å². The first-order chi connectivity index (χ1) is 25.2. The lowest BCUT2D eigenvalue weighted by atomic mass is 9.46. The van der Waals surface area contributed by atoms with Gasteiger partial charge < -0.3 is 47.8 Å². The summed E-state index contributed by atoms with van der Waals surface area (Å²) in [5, 5.41) is 25.0. The maximum absolute atomic E-state index is 13.9. The van der Waals surface area contributed by atoms with Crippen LogP contribution < -0.4 is 0 Å². The number of ether oxygens (including phenoxy) is 7.